The molecule has 0 radical (unpaired) electrons. The Balaban J connectivity index is 1.75. The molecule has 1 amide bonds. The molecule has 0 spiro atoms. The summed E-state index contributed by atoms with van der Waals surface area (Å²) in [5, 5.41) is 3.01. The molecule has 0 saturated carbocycles. The summed E-state index contributed by atoms with van der Waals surface area (Å²) in [6.07, 6.45) is 0. The molecule has 0 aliphatic carbocycles. The van der Waals surface area contributed by atoms with E-state index in [-0.39, 0.29) is 28.1 Å². The van der Waals surface area contributed by atoms with Gasteiger partial charge in [0.05, 0.1) is 18.1 Å². The highest BCUT2D eigenvalue weighted by Crippen LogP contribution is 2.23. The van der Waals surface area contributed by atoms with Crippen molar-refractivity contribution in [2.24, 2.45) is 10.9 Å². The molecule has 9 heteroatoms. The van der Waals surface area contributed by atoms with Crippen molar-refractivity contribution in [3.63, 3.8) is 0 Å². The molecule has 2 aliphatic rings. The average Bonchev–Trinajstić information content (AvgIpc) is 2.95. The number of rotatable bonds is 6. The number of nitrogens with zero attached hydrogens (tertiary/aromatic N) is 2. The fourth-order valence-corrected chi connectivity index (χ4v) is 4.81. The number of sulfonamides is 1. The number of benzene rings is 1. The number of amidine groups is 1. The smallest absolute Gasteiger partial charge is 0.263 e. The van der Waals surface area contributed by atoms with Gasteiger partial charge < -0.3 is 10.1 Å². The van der Waals surface area contributed by atoms with Crippen LogP contribution in [0.25, 0.3) is 0 Å². The summed E-state index contributed by atoms with van der Waals surface area (Å²) in [5.41, 5.74) is 0.287. The third-order valence-electron chi connectivity index (χ3n) is 5.39. The van der Waals surface area contributed by atoms with E-state index in [1.165, 1.54) is 6.07 Å². The predicted octanol–water partition coefficient (Wildman–Crippen LogP) is 0.977. The second kappa shape index (κ2) is 8.41. The van der Waals surface area contributed by atoms with Crippen molar-refractivity contribution in [3.05, 3.63) is 29.8 Å². The van der Waals surface area contributed by atoms with E-state index in [1.54, 1.807) is 18.2 Å². The van der Waals surface area contributed by atoms with E-state index in [1.807, 2.05) is 13.8 Å². The lowest BCUT2D eigenvalue weighted by atomic mass is 10.00. The first kappa shape index (κ1) is 21.7. The van der Waals surface area contributed by atoms with Crippen molar-refractivity contribution in [1.29, 1.82) is 0 Å². The van der Waals surface area contributed by atoms with Gasteiger partial charge in [0.1, 0.15) is 11.9 Å². The molecule has 3 rings (SSSR count). The molecule has 1 saturated heterocycles. The molecular weight excluding hydrogens is 392 g/mol. The zero-order valence-electron chi connectivity index (χ0n) is 17.4. The molecule has 0 unspecified atom stereocenters. The van der Waals surface area contributed by atoms with E-state index in [2.05, 4.69) is 33.8 Å². The molecular formula is C20H30N4O4S. The van der Waals surface area contributed by atoms with Crippen LogP contribution in [-0.2, 0) is 19.6 Å². The molecule has 2 aliphatic heterocycles. The van der Waals surface area contributed by atoms with Gasteiger partial charge in [0, 0.05) is 30.7 Å². The van der Waals surface area contributed by atoms with E-state index >= 15 is 0 Å². The maximum absolute atomic E-state index is 12.9. The number of carbonyl (C=O) groups is 1. The molecule has 1 aromatic rings. The zero-order valence-corrected chi connectivity index (χ0v) is 18.3. The van der Waals surface area contributed by atoms with Crippen LogP contribution in [0.1, 0.15) is 33.3 Å². The Bertz CT molecular complexity index is 889. The fourth-order valence-electron chi connectivity index (χ4n) is 3.57. The summed E-state index contributed by atoms with van der Waals surface area (Å²) < 4.78 is 32.5. The number of fused-ring (bicyclic) bond motifs is 1. The van der Waals surface area contributed by atoms with Gasteiger partial charge in [0.25, 0.3) is 10.0 Å². The Hall–Kier alpha value is -1.97. The number of morpholine rings is 1. The molecule has 8 nitrogen and oxygen atoms in total. The van der Waals surface area contributed by atoms with Gasteiger partial charge in [-0.05, 0) is 31.9 Å². The van der Waals surface area contributed by atoms with E-state index in [0.29, 0.717) is 25.3 Å². The molecule has 1 aromatic carbocycles. The van der Waals surface area contributed by atoms with Crippen LogP contribution in [0.4, 0.5) is 0 Å². The Morgan fingerprint density at radius 1 is 1.28 bits per heavy atom. The van der Waals surface area contributed by atoms with Gasteiger partial charge in [-0.15, -0.1) is 0 Å². The maximum Gasteiger partial charge on any atom is 0.263 e. The van der Waals surface area contributed by atoms with Gasteiger partial charge in [-0.3, -0.25) is 19.4 Å². The third-order valence-corrected chi connectivity index (χ3v) is 6.79. The van der Waals surface area contributed by atoms with Crippen molar-refractivity contribution in [2.45, 2.75) is 44.2 Å². The SMILES string of the molecule is CC(C)[C@H](N=C1NS(=O)(=O)c2ccccc21)C(=O)NCC(C)(C)N1CCOCC1. The van der Waals surface area contributed by atoms with Gasteiger partial charge in [-0.2, -0.15) is 0 Å². The number of hydrogen-bond acceptors (Lipinski definition) is 6. The Morgan fingerprint density at radius 2 is 1.93 bits per heavy atom. The maximum atomic E-state index is 12.9. The number of hydrogen-bond donors (Lipinski definition) is 2. The Morgan fingerprint density at radius 3 is 2.59 bits per heavy atom. The summed E-state index contributed by atoms with van der Waals surface area (Å²) in [5.74, 6) is -0.0782. The first-order valence-corrected chi connectivity index (χ1v) is 11.4. The second-order valence-electron chi connectivity index (χ2n) is 8.40. The second-order valence-corrected chi connectivity index (χ2v) is 10.0. The number of amides is 1. The van der Waals surface area contributed by atoms with E-state index in [0.717, 1.165) is 13.1 Å². The van der Waals surface area contributed by atoms with Crippen LogP contribution in [0.3, 0.4) is 0 Å². The minimum absolute atomic E-state index is 0.0914. The summed E-state index contributed by atoms with van der Waals surface area (Å²) in [6, 6.07) is 5.96. The van der Waals surface area contributed by atoms with Crippen LogP contribution >= 0.6 is 0 Å². The predicted molar refractivity (Wildman–Crippen MR) is 111 cm³/mol. The van der Waals surface area contributed by atoms with E-state index in [9.17, 15) is 13.2 Å². The first-order valence-electron chi connectivity index (χ1n) is 9.92. The van der Waals surface area contributed by atoms with Crippen molar-refractivity contribution >= 4 is 21.8 Å². The van der Waals surface area contributed by atoms with Gasteiger partial charge in [0.15, 0.2) is 0 Å². The third kappa shape index (κ3) is 4.79. The molecule has 0 bridgehead atoms. The van der Waals surface area contributed by atoms with Crippen molar-refractivity contribution in [1.82, 2.24) is 14.9 Å². The fraction of sp³-hybridized carbons (Fsp3) is 0.600. The van der Waals surface area contributed by atoms with Gasteiger partial charge in [-0.1, -0.05) is 26.0 Å². The molecule has 2 heterocycles. The normalized spacial score (nSPS) is 21.6. The monoisotopic (exact) mass is 422 g/mol. The van der Waals surface area contributed by atoms with Crippen LogP contribution in [-0.4, -0.2) is 69.5 Å². The van der Waals surface area contributed by atoms with Crippen LogP contribution in [0.15, 0.2) is 34.2 Å². The summed E-state index contributed by atoms with van der Waals surface area (Å²) in [4.78, 5) is 19.9. The minimum atomic E-state index is -3.63. The van der Waals surface area contributed by atoms with Crippen LogP contribution < -0.4 is 10.0 Å². The summed E-state index contributed by atoms with van der Waals surface area (Å²) in [7, 11) is -3.63. The lowest BCUT2D eigenvalue weighted by Gasteiger charge is -2.41. The molecule has 0 aromatic heterocycles. The zero-order chi connectivity index (χ0) is 21.2. The molecule has 29 heavy (non-hydrogen) atoms. The van der Waals surface area contributed by atoms with Gasteiger partial charge >= 0.3 is 0 Å². The number of carbonyl (C=O) groups excluding carboxylic acids is 1. The van der Waals surface area contributed by atoms with Crippen molar-refractivity contribution in [3.8, 4) is 0 Å². The van der Waals surface area contributed by atoms with Crippen molar-refractivity contribution < 1.29 is 17.9 Å². The number of nitrogens with one attached hydrogen (secondary N) is 2. The molecule has 160 valence electrons. The molecule has 2 N–H and O–H groups in total. The average molecular weight is 423 g/mol. The standard InChI is InChI=1S/C20H30N4O4S/c1-14(2)17(19(25)21-13-20(3,4)24-9-11-28-12-10-24)22-18-15-7-5-6-8-16(15)29(26,27)23-18/h5-8,14,17H,9-13H2,1-4H3,(H,21,25)(H,22,23)/t17-/m0/s1. The van der Waals surface area contributed by atoms with Crippen molar-refractivity contribution in [2.75, 3.05) is 32.8 Å². The Labute approximate surface area is 172 Å². The number of ether oxygens (including phenoxy) is 1. The Kier molecular flexibility index (Phi) is 6.30. The topological polar surface area (TPSA) is 100 Å². The van der Waals surface area contributed by atoms with E-state index < -0.39 is 16.1 Å². The minimum Gasteiger partial charge on any atom is -0.379 e. The highest BCUT2D eigenvalue weighted by molar-refractivity contribution is 7.90. The largest absolute Gasteiger partial charge is 0.379 e. The highest BCUT2D eigenvalue weighted by atomic mass is 32.2. The molecule has 1 fully saturated rings. The first-order chi connectivity index (χ1) is 13.6. The van der Waals surface area contributed by atoms with Gasteiger partial charge in [-0.25, -0.2) is 8.42 Å². The lowest BCUT2D eigenvalue weighted by Crippen LogP contribution is -2.56. The van der Waals surface area contributed by atoms with Crippen LogP contribution in [0.5, 0.6) is 0 Å². The lowest BCUT2D eigenvalue weighted by molar-refractivity contribution is -0.124. The quantitative estimate of drug-likeness (QED) is 0.712. The summed E-state index contributed by atoms with van der Waals surface area (Å²) in [6.45, 7) is 11.5. The van der Waals surface area contributed by atoms with Gasteiger partial charge in [0.2, 0.25) is 5.91 Å². The number of aliphatic imine (C=N–C) groups is 1. The van der Waals surface area contributed by atoms with Crippen LogP contribution in [0.2, 0.25) is 0 Å². The summed E-state index contributed by atoms with van der Waals surface area (Å²) >= 11 is 0. The van der Waals surface area contributed by atoms with E-state index in [4.69, 9.17) is 4.74 Å². The van der Waals surface area contributed by atoms with Crippen LogP contribution in [0, 0.1) is 5.92 Å². The highest BCUT2D eigenvalue weighted by Gasteiger charge is 2.34. The molecule has 1 atom stereocenters.